The molecule has 4 rings (SSSR count). The highest BCUT2D eigenvalue weighted by Gasteiger charge is 2.65. The Balaban J connectivity index is 2.06. The van der Waals surface area contributed by atoms with Gasteiger partial charge in [0.25, 0.3) is 0 Å². The zero-order valence-corrected chi connectivity index (χ0v) is 21.6. The fourth-order valence-electron chi connectivity index (χ4n) is 7.72. The van der Waals surface area contributed by atoms with Crippen molar-refractivity contribution in [1.82, 2.24) is 0 Å². The third kappa shape index (κ3) is 2.65. The van der Waals surface area contributed by atoms with Crippen molar-refractivity contribution in [2.45, 2.75) is 74.7 Å². The van der Waals surface area contributed by atoms with Gasteiger partial charge in [0.05, 0.1) is 11.0 Å². The summed E-state index contributed by atoms with van der Waals surface area (Å²) in [6.45, 7) is 25.8. The first-order valence-electron chi connectivity index (χ1n) is 12.1. The molecule has 0 bridgehead atoms. The maximum absolute atomic E-state index is 14.0. The molecule has 176 valence electrons. The summed E-state index contributed by atoms with van der Waals surface area (Å²) in [6, 6.07) is 2.33. The lowest BCUT2D eigenvalue weighted by atomic mass is 9.40. The molecular weight excluding hydrogens is 406 g/mol. The summed E-state index contributed by atoms with van der Waals surface area (Å²) in [5.74, 6) is -0.250. The van der Waals surface area contributed by atoms with E-state index in [9.17, 15) is 9.90 Å². The molecule has 3 heteroatoms. The summed E-state index contributed by atoms with van der Waals surface area (Å²) < 4.78 is 0. The number of allylic oxidation sites excluding steroid dienone is 5. The van der Waals surface area contributed by atoms with Crippen LogP contribution in [0.3, 0.4) is 0 Å². The van der Waals surface area contributed by atoms with Crippen LogP contribution in [0, 0.1) is 36.0 Å². The standard InChI is InChI=1S/C30H39NO2/c1-11-21-12-15(2)22-13-28(8)14-29(9)19(6)26(32)24(20(7)31)27(33)30(29,10)18(5)25(28)17(4)23(22)16(21)3/h12,19,32H,4,7,11,13-14,31H2,1-3,5-6,8-10H3/t19?,28-,29-,30+/m0/s1. The Kier molecular flexibility index (Phi) is 4.99. The number of rotatable bonds is 2. The summed E-state index contributed by atoms with van der Waals surface area (Å²) in [6.07, 6.45) is 2.69. The van der Waals surface area contributed by atoms with Crippen molar-refractivity contribution in [3.63, 3.8) is 0 Å². The van der Waals surface area contributed by atoms with Crippen molar-refractivity contribution in [3.05, 3.63) is 75.2 Å². The van der Waals surface area contributed by atoms with Gasteiger partial charge in [-0.3, -0.25) is 4.79 Å². The summed E-state index contributed by atoms with van der Waals surface area (Å²) in [5.41, 5.74) is 14.9. The topological polar surface area (TPSA) is 63.3 Å². The minimum absolute atomic E-state index is 0.0852. The Morgan fingerprint density at radius 2 is 1.85 bits per heavy atom. The molecular formula is C30H39NO2. The fourth-order valence-corrected chi connectivity index (χ4v) is 7.72. The van der Waals surface area contributed by atoms with Crippen LogP contribution >= 0.6 is 0 Å². The number of benzene rings is 1. The quantitative estimate of drug-likeness (QED) is 0.534. The van der Waals surface area contributed by atoms with Gasteiger partial charge in [0, 0.05) is 11.6 Å². The molecule has 0 aromatic heterocycles. The third-order valence-electron chi connectivity index (χ3n) is 9.83. The molecule has 0 amide bonds. The number of carbonyl (C=O) groups excluding carboxylic acids is 1. The average Bonchev–Trinajstić information content (AvgIpc) is 2.72. The van der Waals surface area contributed by atoms with Crippen LogP contribution in [0.4, 0.5) is 0 Å². The molecule has 1 aromatic carbocycles. The molecule has 0 radical (unpaired) electrons. The van der Waals surface area contributed by atoms with Gasteiger partial charge in [-0.2, -0.15) is 0 Å². The molecule has 3 nitrogen and oxygen atoms in total. The molecule has 0 spiro atoms. The Bertz CT molecular complexity index is 1210. The Morgan fingerprint density at radius 1 is 1.24 bits per heavy atom. The van der Waals surface area contributed by atoms with E-state index >= 15 is 0 Å². The van der Waals surface area contributed by atoms with E-state index in [0.29, 0.717) is 0 Å². The van der Waals surface area contributed by atoms with Gasteiger partial charge in [-0.25, -0.2) is 0 Å². The minimum atomic E-state index is -0.795. The normalized spacial score (nSPS) is 33.6. The lowest BCUT2D eigenvalue weighted by molar-refractivity contribution is -0.137. The van der Waals surface area contributed by atoms with Gasteiger partial charge >= 0.3 is 0 Å². The van der Waals surface area contributed by atoms with Crippen molar-refractivity contribution in [2.24, 2.45) is 27.9 Å². The lowest BCUT2D eigenvalue weighted by Gasteiger charge is -2.62. The first-order valence-corrected chi connectivity index (χ1v) is 12.1. The largest absolute Gasteiger partial charge is 0.511 e. The summed E-state index contributed by atoms with van der Waals surface area (Å²) >= 11 is 0. The molecule has 3 aliphatic carbocycles. The molecule has 3 N–H and O–H groups in total. The van der Waals surface area contributed by atoms with E-state index in [-0.39, 0.29) is 34.1 Å². The molecule has 1 aromatic rings. The molecule has 0 saturated heterocycles. The van der Waals surface area contributed by atoms with Crippen LogP contribution in [0.15, 0.2) is 47.4 Å². The smallest absolute Gasteiger partial charge is 0.178 e. The average molecular weight is 446 g/mol. The highest BCUT2D eigenvalue weighted by atomic mass is 16.3. The number of hydrogen-bond donors (Lipinski definition) is 2. The van der Waals surface area contributed by atoms with Crippen LogP contribution in [0.1, 0.15) is 75.8 Å². The van der Waals surface area contributed by atoms with Gasteiger partial charge in [-0.05, 0) is 96.8 Å². The Hall–Kier alpha value is -2.55. The predicted octanol–water partition coefficient (Wildman–Crippen LogP) is 6.68. The zero-order valence-electron chi connectivity index (χ0n) is 21.6. The van der Waals surface area contributed by atoms with E-state index in [1.807, 2.05) is 13.8 Å². The van der Waals surface area contributed by atoms with Crippen molar-refractivity contribution in [1.29, 1.82) is 0 Å². The van der Waals surface area contributed by atoms with E-state index < -0.39 is 10.8 Å². The third-order valence-corrected chi connectivity index (χ3v) is 9.83. The van der Waals surface area contributed by atoms with E-state index in [0.717, 1.165) is 30.4 Å². The SMILES string of the molecule is C=C(N)C1=C(O)C(C)[C@]2(C)C[C@]3(C)Cc4c(C)cc(CC)c(C)c4C(=C)C3=C(C)[C@]2(C)C1=O. The maximum Gasteiger partial charge on any atom is 0.178 e. The highest BCUT2D eigenvalue weighted by molar-refractivity contribution is 6.08. The maximum atomic E-state index is 14.0. The van der Waals surface area contributed by atoms with Crippen molar-refractivity contribution < 1.29 is 9.90 Å². The van der Waals surface area contributed by atoms with Crippen LogP contribution in [-0.4, -0.2) is 10.9 Å². The lowest BCUT2D eigenvalue weighted by Crippen LogP contribution is -2.59. The molecule has 0 saturated carbocycles. The van der Waals surface area contributed by atoms with Gasteiger partial charge in [-0.1, -0.05) is 52.5 Å². The first kappa shape index (κ1) is 23.6. The monoisotopic (exact) mass is 445 g/mol. The number of nitrogens with two attached hydrogens (primary N) is 1. The number of hydrogen-bond acceptors (Lipinski definition) is 3. The molecule has 3 aliphatic rings. The number of aryl methyl sites for hydroxylation is 2. The molecule has 1 unspecified atom stereocenters. The van der Waals surface area contributed by atoms with Crippen molar-refractivity contribution >= 4 is 11.4 Å². The summed E-state index contributed by atoms with van der Waals surface area (Å²) in [4.78, 5) is 14.0. The Labute approximate surface area is 199 Å². The molecule has 0 aliphatic heterocycles. The van der Waals surface area contributed by atoms with Gasteiger partial charge in [0.2, 0.25) is 0 Å². The summed E-state index contributed by atoms with van der Waals surface area (Å²) in [7, 11) is 0. The van der Waals surface area contributed by atoms with Gasteiger partial charge in [0.1, 0.15) is 5.76 Å². The van der Waals surface area contributed by atoms with Gasteiger partial charge in [0.15, 0.2) is 5.78 Å². The second-order valence-electron chi connectivity index (χ2n) is 11.5. The second-order valence-corrected chi connectivity index (χ2v) is 11.5. The van der Waals surface area contributed by atoms with Crippen LogP contribution in [-0.2, 0) is 17.6 Å². The molecule has 0 fully saturated rings. The molecule has 0 heterocycles. The highest BCUT2D eigenvalue weighted by Crippen LogP contribution is 2.69. The van der Waals surface area contributed by atoms with E-state index in [2.05, 4.69) is 60.8 Å². The number of fused-ring (bicyclic) bond motifs is 3. The summed E-state index contributed by atoms with van der Waals surface area (Å²) in [5, 5.41) is 11.1. The van der Waals surface area contributed by atoms with Crippen molar-refractivity contribution in [2.75, 3.05) is 0 Å². The van der Waals surface area contributed by atoms with Crippen LogP contribution in [0.2, 0.25) is 0 Å². The zero-order chi connectivity index (χ0) is 24.8. The predicted molar refractivity (Wildman–Crippen MR) is 137 cm³/mol. The molecule has 4 atom stereocenters. The number of ketones is 1. The minimum Gasteiger partial charge on any atom is -0.511 e. The van der Waals surface area contributed by atoms with E-state index in [1.54, 1.807) is 0 Å². The van der Waals surface area contributed by atoms with Gasteiger partial charge < -0.3 is 10.8 Å². The van der Waals surface area contributed by atoms with Crippen molar-refractivity contribution in [3.8, 4) is 0 Å². The number of aliphatic hydroxyl groups excluding tert-OH is 1. The van der Waals surface area contributed by atoms with Crippen LogP contribution in [0.5, 0.6) is 0 Å². The fraction of sp³-hybridized carbons (Fsp3) is 0.500. The molecule has 33 heavy (non-hydrogen) atoms. The van der Waals surface area contributed by atoms with Crippen LogP contribution in [0.25, 0.3) is 5.57 Å². The number of Topliss-reactive ketones (excluding diaryl/α,β-unsaturated/α-hetero) is 1. The second kappa shape index (κ2) is 6.98. The van der Waals surface area contributed by atoms with E-state index in [1.165, 1.54) is 33.4 Å². The Morgan fingerprint density at radius 3 is 2.39 bits per heavy atom. The van der Waals surface area contributed by atoms with E-state index in [4.69, 9.17) is 5.73 Å². The first-order chi connectivity index (χ1) is 15.2. The van der Waals surface area contributed by atoms with Crippen LogP contribution < -0.4 is 5.73 Å². The number of aliphatic hydroxyl groups is 1. The number of carbonyl (C=O) groups is 1. The van der Waals surface area contributed by atoms with Gasteiger partial charge in [-0.15, -0.1) is 0 Å².